The lowest BCUT2D eigenvalue weighted by atomic mass is 9.69. The normalized spacial score (nSPS) is 16.5. The minimum absolute atomic E-state index is 0.0693. The summed E-state index contributed by atoms with van der Waals surface area (Å²) in [5.41, 5.74) is -5.83. The minimum atomic E-state index is -5.64. The number of nitrogens with zero attached hydrogens (tertiary/aromatic N) is 1. The Balaban J connectivity index is 2.51. The van der Waals surface area contributed by atoms with Crippen molar-refractivity contribution in [2.75, 3.05) is 31.1 Å². The first-order valence-electron chi connectivity index (χ1n) is 9.25. The number of imide groups is 1. The summed E-state index contributed by atoms with van der Waals surface area (Å²) in [7, 11) is -0.886. The summed E-state index contributed by atoms with van der Waals surface area (Å²) < 4.78 is 82.8. The van der Waals surface area contributed by atoms with E-state index >= 15 is 0 Å². The first kappa shape index (κ1) is 24.6. The lowest BCUT2D eigenvalue weighted by molar-refractivity contribution is -0.316. The van der Waals surface area contributed by atoms with Gasteiger partial charge in [-0.25, -0.2) is 10.0 Å². The third-order valence-corrected chi connectivity index (χ3v) is 6.84. The third kappa shape index (κ3) is 4.07. The molecule has 0 aliphatic carbocycles. The molecule has 170 valence electrons. The van der Waals surface area contributed by atoms with Gasteiger partial charge >= 0.3 is 12.4 Å². The Hall–Kier alpha value is -1.71. The quantitative estimate of drug-likeness (QED) is 0.425. The maximum absolute atomic E-state index is 13.8. The molecule has 1 aliphatic heterocycles. The molecule has 1 aromatic carbocycles. The van der Waals surface area contributed by atoms with Crippen LogP contribution in [0, 0.1) is 5.92 Å². The molecule has 1 heterocycles. The fourth-order valence-electron chi connectivity index (χ4n) is 3.87. The molecule has 30 heavy (non-hydrogen) atoms. The Bertz CT molecular complexity index is 825. The van der Waals surface area contributed by atoms with Crippen LogP contribution in [0.2, 0.25) is 0 Å². The molecule has 2 amide bonds. The molecule has 1 aliphatic rings. The number of alkyl halides is 6. The van der Waals surface area contributed by atoms with E-state index in [1.54, 1.807) is 0 Å². The number of carbonyl (C=O) groups excluding carboxylic acids is 2. The van der Waals surface area contributed by atoms with Crippen molar-refractivity contribution in [3.63, 3.8) is 0 Å². The number of halogens is 6. The maximum Gasteiger partial charge on any atom is 0.407 e. The van der Waals surface area contributed by atoms with Gasteiger partial charge in [-0.2, -0.15) is 26.3 Å². The van der Waals surface area contributed by atoms with Crippen LogP contribution < -0.4 is 0 Å². The van der Waals surface area contributed by atoms with Crippen molar-refractivity contribution in [3.05, 3.63) is 34.9 Å². The van der Waals surface area contributed by atoms with Gasteiger partial charge in [-0.05, 0) is 54.6 Å². The number of carbonyl (C=O) groups is 2. The number of hydrogen-bond donors (Lipinski definition) is 0. The van der Waals surface area contributed by atoms with Crippen LogP contribution >= 0.6 is 10.0 Å². The number of rotatable bonds is 6. The monoisotopic (exact) mass is 457 g/mol. The second-order valence-corrected chi connectivity index (χ2v) is 13.2. The molecule has 2 rings (SSSR count). The zero-order valence-corrected chi connectivity index (χ0v) is 18.2. The van der Waals surface area contributed by atoms with Crippen LogP contribution in [0.4, 0.5) is 26.3 Å². The van der Waals surface area contributed by atoms with E-state index in [0.717, 1.165) is 30.6 Å². The molecule has 1 aromatic rings. The van der Waals surface area contributed by atoms with Crippen molar-refractivity contribution >= 4 is 21.8 Å². The molecule has 10 heteroatoms. The first-order valence-corrected chi connectivity index (χ1v) is 12.3. The van der Waals surface area contributed by atoms with E-state index in [-0.39, 0.29) is 12.1 Å². The Morgan fingerprint density at radius 3 is 1.83 bits per heavy atom. The Morgan fingerprint density at radius 1 is 0.900 bits per heavy atom. The van der Waals surface area contributed by atoms with Gasteiger partial charge in [0.15, 0.2) is 5.41 Å². The van der Waals surface area contributed by atoms with Crippen molar-refractivity contribution in [2.24, 2.45) is 5.92 Å². The molecule has 0 unspecified atom stereocenters. The second-order valence-electron chi connectivity index (χ2n) is 8.63. The third-order valence-electron chi connectivity index (χ3n) is 5.32. The molecule has 0 atom stereocenters. The predicted molar refractivity (Wildman–Crippen MR) is 105 cm³/mol. The topological polar surface area (TPSA) is 37.4 Å². The van der Waals surface area contributed by atoms with Crippen molar-refractivity contribution in [2.45, 2.75) is 38.0 Å². The summed E-state index contributed by atoms with van der Waals surface area (Å²) >= 11 is 0. The molecule has 0 saturated heterocycles. The van der Waals surface area contributed by atoms with Crippen LogP contribution in [-0.4, -0.2) is 60.1 Å². The van der Waals surface area contributed by atoms with E-state index in [4.69, 9.17) is 0 Å². The van der Waals surface area contributed by atoms with Gasteiger partial charge in [-0.15, -0.1) is 0 Å². The lowest BCUT2D eigenvalue weighted by Crippen LogP contribution is -2.57. The average molecular weight is 457 g/mol. The SMILES string of the molecule is CC(C)C(c1ccc2c(c1)C(=O)N(CCCS(C)(C)C)C2=O)(C(F)(F)F)C(F)(F)F. The van der Waals surface area contributed by atoms with Gasteiger partial charge in [0.1, 0.15) is 0 Å². The van der Waals surface area contributed by atoms with E-state index in [2.05, 4.69) is 18.8 Å². The van der Waals surface area contributed by atoms with Crippen LogP contribution in [-0.2, 0) is 5.41 Å². The highest BCUT2D eigenvalue weighted by Crippen LogP contribution is 2.56. The van der Waals surface area contributed by atoms with Gasteiger partial charge < -0.3 is 0 Å². The van der Waals surface area contributed by atoms with Crippen molar-refractivity contribution in [3.8, 4) is 0 Å². The smallest absolute Gasteiger partial charge is 0.274 e. The molecule has 0 radical (unpaired) electrons. The van der Waals surface area contributed by atoms with Crippen LogP contribution in [0.15, 0.2) is 18.2 Å². The molecule has 0 spiro atoms. The predicted octanol–water partition coefficient (Wildman–Crippen LogP) is 5.39. The number of amides is 2. The fraction of sp³-hybridized carbons (Fsp3) is 0.600. The maximum atomic E-state index is 13.8. The fourth-order valence-corrected chi connectivity index (χ4v) is 4.87. The van der Waals surface area contributed by atoms with Gasteiger partial charge in [-0.3, -0.25) is 14.5 Å². The van der Waals surface area contributed by atoms with E-state index in [1.165, 1.54) is 0 Å². The summed E-state index contributed by atoms with van der Waals surface area (Å²) in [6, 6.07) is 2.15. The zero-order chi connectivity index (χ0) is 23.3. The van der Waals surface area contributed by atoms with Gasteiger partial charge in [0.2, 0.25) is 0 Å². The molecule has 0 aromatic heterocycles. The first-order chi connectivity index (χ1) is 13.4. The van der Waals surface area contributed by atoms with Crippen LogP contribution in [0.1, 0.15) is 46.5 Å². The van der Waals surface area contributed by atoms with Gasteiger partial charge in [0.25, 0.3) is 11.8 Å². The molecule has 0 N–H and O–H groups in total. The number of fused-ring (bicyclic) bond motifs is 1. The molecule has 0 saturated carbocycles. The molecule has 3 nitrogen and oxygen atoms in total. The van der Waals surface area contributed by atoms with Gasteiger partial charge in [0, 0.05) is 6.54 Å². The molecular weight excluding hydrogens is 432 g/mol. The van der Waals surface area contributed by atoms with Gasteiger partial charge in [0.05, 0.1) is 11.1 Å². The Kier molecular flexibility index (Phi) is 6.36. The second kappa shape index (κ2) is 7.76. The summed E-state index contributed by atoms with van der Waals surface area (Å²) in [5, 5.41) is 0. The Labute approximate surface area is 173 Å². The molecular formula is C20H25F6NO2S. The highest BCUT2D eigenvalue weighted by molar-refractivity contribution is 8.32. The van der Waals surface area contributed by atoms with E-state index in [1.807, 2.05) is 0 Å². The highest BCUT2D eigenvalue weighted by Gasteiger charge is 2.73. The van der Waals surface area contributed by atoms with Crippen LogP contribution in [0.3, 0.4) is 0 Å². The minimum Gasteiger partial charge on any atom is -0.274 e. The Morgan fingerprint density at radius 2 is 1.40 bits per heavy atom. The van der Waals surface area contributed by atoms with Crippen molar-refractivity contribution in [1.29, 1.82) is 0 Å². The summed E-state index contributed by atoms with van der Waals surface area (Å²) in [6.45, 7) is 1.74. The number of hydrogen-bond acceptors (Lipinski definition) is 2. The summed E-state index contributed by atoms with van der Waals surface area (Å²) in [4.78, 5) is 26.1. The van der Waals surface area contributed by atoms with E-state index < -0.39 is 56.7 Å². The van der Waals surface area contributed by atoms with Crippen LogP contribution in [0.5, 0.6) is 0 Å². The standard InChI is InChI=1S/C20H25F6NO2S/c1-12(2)18(19(21,22)23,20(24,25)26)13-7-8-14-15(11-13)17(29)27(16(14)28)9-6-10-30(3,4)5/h7-8,11-12H,6,9-10H2,1-5H3. The molecule has 0 bridgehead atoms. The van der Waals surface area contributed by atoms with Gasteiger partial charge in [-0.1, -0.05) is 19.9 Å². The summed E-state index contributed by atoms with van der Waals surface area (Å²) in [5.74, 6) is -2.67. The number of benzene rings is 1. The van der Waals surface area contributed by atoms with Crippen LogP contribution in [0.25, 0.3) is 0 Å². The highest BCUT2D eigenvalue weighted by atomic mass is 32.3. The van der Waals surface area contributed by atoms with Crippen molar-refractivity contribution < 1.29 is 35.9 Å². The molecule has 0 fully saturated rings. The summed E-state index contributed by atoms with van der Waals surface area (Å²) in [6.07, 6.45) is -4.61. The van der Waals surface area contributed by atoms with E-state index in [0.29, 0.717) is 18.6 Å². The average Bonchev–Trinajstić information content (AvgIpc) is 2.76. The van der Waals surface area contributed by atoms with Crippen molar-refractivity contribution in [1.82, 2.24) is 4.90 Å². The lowest BCUT2D eigenvalue weighted by Gasteiger charge is -2.41. The zero-order valence-electron chi connectivity index (χ0n) is 17.4. The largest absolute Gasteiger partial charge is 0.407 e. The van der Waals surface area contributed by atoms with E-state index in [9.17, 15) is 35.9 Å².